The fourth-order valence-corrected chi connectivity index (χ4v) is 3.59. The summed E-state index contributed by atoms with van der Waals surface area (Å²) in [7, 11) is 4.46. The van der Waals surface area contributed by atoms with Gasteiger partial charge in [-0.2, -0.15) is 0 Å². The van der Waals surface area contributed by atoms with E-state index in [-0.39, 0.29) is 0 Å². The molecule has 3 nitrogen and oxygen atoms in total. The van der Waals surface area contributed by atoms with Gasteiger partial charge < -0.3 is 4.90 Å². The maximum atomic E-state index is 5.86. The molecule has 0 radical (unpaired) electrons. The van der Waals surface area contributed by atoms with Gasteiger partial charge in [0.1, 0.15) is 0 Å². The Kier molecular flexibility index (Phi) is 4.45. The van der Waals surface area contributed by atoms with Gasteiger partial charge in [0.05, 0.1) is 0 Å². The van der Waals surface area contributed by atoms with Gasteiger partial charge in [-0.1, -0.05) is 32.1 Å². The normalized spacial score (nSPS) is 26.1. The summed E-state index contributed by atoms with van der Waals surface area (Å²) in [5, 5.41) is 0. The first-order valence-corrected chi connectivity index (χ1v) is 7.32. The van der Waals surface area contributed by atoms with Crippen LogP contribution in [0.1, 0.15) is 57.8 Å². The molecule has 2 aliphatic carbocycles. The highest BCUT2D eigenvalue weighted by molar-refractivity contribution is 5.00. The first kappa shape index (κ1) is 13.3. The lowest BCUT2D eigenvalue weighted by atomic mass is 9.74. The number of nitrogens with one attached hydrogen (secondary N) is 1. The molecule has 2 aliphatic rings. The molecule has 0 aromatic carbocycles. The number of nitrogens with zero attached hydrogens (tertiary/aromatic N) is 1. The van der Waals surface area contributed by atoms with Crippen LogP contribution in [0.4, 0.5) is 0 Å². The summed E-state index contributed by atoms with van der Waals surface area (Å²) in [6.07, 6.45) is 12.2. The molecule has 3 N–H and O–H groups in total. The summed E-state index contributed by atoms with van der Waals surface area (Å²) in [6.45, 7) is 0. The molecule has 0 heterocycles. The average molecular weight is 239 g/mol. The molecule has 0 amide bonds. The first-order chi connectivity index (χ1) is 8.19. The average Bonchev–Trinajstić information content (AvgIpc) is 3.15. The van der Waals surface area contributed by atoms with Gasteiger partial charge in [0.2, 0.25) is 0 Å². The third-order valence-corrected chi connectivity index (χ3v) is 5.02. The van der Waals surface area contributed by atoms with E-state index in [1.807, 2.05) is 0 Å². The van der Waals surface area contributed by atoms with E-state index in [0.717, 1.165) is 5.92 Å². The molecule has 100 valence electrons. The van der Waals surface area contributed by atoms with Crippen LogP contribution < -0.4 is 11.3 Å². The Balaban J connectivity index is 1.99. The zero-order valence-electron chi connectivity index (χ0n) is 11.5. The van der Waals surface area contributed by atoms with Crippen molar-refractivity contribution in [1.29, 1.82) is 0 Å². The highest BCUT2D eigenvalue weighted by Gasteiger charge is 2.41. The summed E-state index contributed by atoms with van der Waals surface area (Å²) in [5.41, 5.74) is 3.44. The van der Waals surface area contributed by atoms with E-state index in [1.165, 1.54) is 57.8 Å². The Morgan fingerprint density at radius 3 is 2.35 bits per heavy atom. The molecular formula is C14H29N3. The molecule has 0 saturated heterocycles. The molecule has 1 atom stereocenters. The molecule has 0 aromatic rings. The van der Waals surface area contributed by atoms with Gasteiger partial charge >= 0.3 is 0 Å². The zero-order chi connectivity index (χ0) is 12.3. The minimum Gasteiger partial charge on any atom is -0.302 e. The monoisotopic (exact) mass is 239 g/mol. The maximum absolute atomic E-state index is 5.86. The Bertz CT molecular complexity index is 230. The number of rotatable bonds is 6. The van der Waals surface area contributed by atoms with Crippen molar-refractivity contribution >= 4 is 0 Å². The molecule has 0 aromatic heterocycles. The van der Waals surface area contributed by atoms with Crippen LogP contribution >= 0.6 is 0 Å². The molecule has 2 fully saturated rings. The molecule has 0 spiro atoms. The van der Waals surface area contributed by atoms with E-state index >= 15 is 0 Å². The van der Waals surface area contributed by atoms with E-state index in [4.69, 9.17) is 5.84 Å². The molecule has 17 heavy (non-hydrogen) atoms. The van der Waals surface area contributed by atoms with Crippen molar-refractivity contribution in [3.05, 3.63) is 0 Å². The van der Waals surface area contributed by atoms with Gasteiger partial charge in [0, 0.05) is 11.6 Å². The van der Waals surface area contributed by atoms with Gasteiger partial charge in [0.25, 0.3) is 0 Å². The third-order valence-electron chi connectivity index (χ3n) is 5.02. The second-order valence-corrected chi connectivity index (χ2v) is 6.30. The molecule has 3 heteroatoms. The Morgan fingerprint density at radius 1 is 1.24 bits per heavy atom. The van der Waals surface area contributed by atoms with Crippen molar-refractivity contribution in [2.45, 2.75) is 69.4 Å². The summed E-state index contributed by atoms with van der Waals surface area (Å²) in [5.74, 6) is 6.86. The van der Waals surface area contributed by atoms with Crippen LogP contribution in [0.5, 0.6) is 0 Å². The van der Waals surface area contributed by atoms with E-state index in [1.54, 1.807) is 0 Å². The van der Waals surface area contributed by atoms with Crippen molar-refractivity contribution < 1.29 is 0 Å². The van der Waals surface area contributed by atoms with Crippen LogP contribution in [-0.2, 0) is 0 Å². The predicted molar refractivity (Wildman–Crippen MR) is 72.6 cm³/mol. The zero-order valence-corrected chi connectivity index (χ0v) is 11.5. The first-order valence-electron chi connectivity index (χ1n) is 7.32. The summed E-state index contributed by atoms with van der Waals surface area (Å²) < 4.78 is 0. The lowest BCUT2D eigenvalue weighted by molar-refractivity contribution is 0.0521. The predicted octanol–water partition coefficient (Wildman–Crippen LogP) is 2.27. The van der Waals surface area contributed by atoms with Crippen LogP contribution in [0.2, 0.25) is 0 Å². The fourth-order valence-electron chi connectivity index (χ4n) is 3.59. The summed E-state index contributed by atoms with van der Waals surface area (Å²) in [6, 6.07) is 0.471. The van der Waals surface area contributed by atoms with Crippen molar-refractivity contribution in [3.63, 3.8) is 0 Å². The SMILES string of the molecule is CN(C)C1(C(CCC2CC2)NN)CCCCC1. The number of hydrogen-bond donors (Lipinski definition) is 2. The van der Waals surface area contributed by atoms with Gasteiger partial charge in [-0.15, -0.1) is 0 Å². The van der Waals surface area contributed by atoms with E-state index in [0.29, 0.717) is 11.6 Å². The quantitative estimate of drug-likeness (QED) is 0.552. The summed E-state index contributed by atoms with van der Waals surface area (Å²) >= 11 is 0. The van der Waals surface area contributed by atoms with Crippen molar-refractivity contribution in [2.24, 2.45) is 11.8 Å². The van der Waals surface area contributed by atoms with Gasteiger partial charge in [-0.05, 0) is 45.7 Å². The standard InChI is InChI=1S/C14H29N3/c1-17(2)14(10-4-3-5-11-14)13(16-15)9-8-12-6-7-12/h12-13,16H,3-11,15H2,1-2H3. The highest BCUT2D eigenvalue weighted by atomic mass is 15.3. The molecule has 0 bridgehead atoms. The Labute approximate surface area is 106 Å². The molecule has 2 rings (SSSR count). The fraction of sp³-hybridized carbons (Fsp3) is 1.00. The van der Waals surface area contributed by atoms with Crippen LogP contribution in [0, 0.1) is 5.92 Å². The largest absolute Gasteiger partial charge is 0.302 e. The second-order valence-electron chi connectivity index (χ2n) is 6.30. The number of hydrazine groups is 1. The lowest BCUT2D eigenvalue weighted by Gasteiger charge is -2.48. The Hall–Kier alpha value is -0.120. The van der Waals surface area contributed by atoms with E-state index < -0.39 is 0 Å². The van der Waals surface area contributed by atoms with Crippen molar-refractivity contribution in [1.82, 2.24) is 10.3 Å². The second kappa shape index (κ2) is 5.68. The van der Waals surface area contributed by atoms with Crippen LogP contribution in [0.25, 0.3) is 0 Å². The molecule has 1 unspecified atom stereocenters. The minimum atomic E-state index is 0.307. The third kappa shape index (κ3) is 3.01. The maximum Gasteiger partial charge on any atom is 0.0394 e. The lowest BCUT2D eigenvalue weighted by Crippen LogP contribution is -2.61. The number of likely N-dealkylation sites (N-methyl/N-ethyl adjacent to an activating group) is 1. The number of nitrogens with two attached hydrogens (primary N) is 1. The molecular weight excluding hydrogens is 210 g/mol. The molecule has 0 aliphatic heterocycles. The van der Waals surface area contributed by atoms with Gasteiger partial charge in [-0.3, -0.25) is 11.3 Å². The van der Waals surface area contributed by atoms with Crippen LogP contribution in [-0.4, -0.2) is 30.6 Å². The topological polar surface area (TPSA) is 41.3 Å². The van der Waals surface area contributed by atoms with Crippen molar-refractivity contribution in [3.8, 4) is 0 Å². The smallest absolute Gasteiger partial charge is 0.0394 e. The molecule has 2 saturated carbocycles. The highest BCUT2D eigenvalue weighted by Crippen LogP contribution is 2.39. The van der Waals surface area contributed by atoms with Gasteiger partial charge in [-0.25, -0.2) is 0 Å². The van der Waals surface area contributed by atoms with E-state index in [9.17, 15) is 0 Å². The number of hydrogen-bond acceptors (Lipinski definition) is 3. The van der Waals surface area contributed by atoms with Gasteiger partial charge in [0.15, 0.2) is 0 Å². The van der Waals surface area contributed by atoms with E-state index in [2.05, 4.69) is 24.4 Å². The minimum absolute atomic E-state index is 0.307. The van der Waals surface area contributed by atoms with Crippen molar-refractivity contribution in [2.75, 3.05) is 14.1 Å². The Morgan fingerprint density at radius 2 is 1.88 bits per heavy atom. The van der Waals surface area contributed by atoms with Crippen LogP contribution in [0.15, 0.2) is 0 Å². The van der Waals surface area contributed by atoms with Crippen LogP contribution in [0.3, 0.4) is 0 Å². The summed E-state index contributed by atoms with van der Waals surface area (Å²) in [4.78, 5) is 2.43.